The number of hydrogen-bond acceptors (Lipinski definition) is 4. The van der Waals surface area contributed by atoms with Crippen LogP contribution in [0.3, 0.4) is 0 Å². The lowest BCUT2D eigenvalue weighted by Crippen LogP contribution is -2.28. The average Bonchev–Trinajstić information content (AvgIpc) is 2.94. The van der Waals surface area contributed by atoms with Gasteiger partial charge in [0.2, 0.25) is 0 Å². The monoisotopic (exact) mass is 352 g/mol. The van der Waals surface area contributed by atoms with Crippen molar-refractivity contribution in [1.82, 2.24) is 15.3 Å². The minimum absolute atomic E-state index is 0.0238. The van der Waals surface area contributed by atoms with Crippen molar-refractivity contribution in [1.29, 1.82) is 0 Å². The van der Waals surface area contributed by atoms with Crippen molar-refractivity contribution in [3.05, 3.63) is 58.3 Å². The van der Waals surface area contributed by atoms with Crippen molar-refractivity contribution < 1.29 is 22.4 Å². The summed E-state index contributed by atoms with van der Waals surface area (Å²) in [6.45, 7) is -0.0238. The Morgan fingerprint density at radius 3 is 2.72 bits per heavy atom. The van der Waals surface area contributed by atoms with Crippen molar-refractivity contribution >= 4 is 22.8 Å². The van der Waals surface area contributed by atoms with Crippen molar-refractivity contribution in [3.8, 4) is 0 Å². The van der Waals surface area contributed by atoms with E-state index in [1.165, 1.54) is 6.07 Å². The Bertz CT molecular complexity index is 961. The molecule has 0 unspecified atom stereocenters. The molecule has 0 aliphatic rings. The number of aromatic nitrogens is 2. The summed E-state index contributed by atoms with van der Waals surface area (Å²) in [6, 6.07) is 6.21. The zero-order valence-electron chi connectivity index (χ0n) is 12.5. The molecule has 10 heteroatoms. The van der Waals surface area contributed by atoms with Crippen LogP contribution < -0.4 is 16.4 Å². The van der Waals surface area contributed by atoms with Crippen LogP contribution in [0.25, 0.3) is 11.1 Å². The zero-order valence-corrected chi connectivity index (χ0v) is 12.5. The Labute approximate surface area is 137 Å². The van der Waals surface area contributed by atoms with Gasteiger partial charge in [-0.1, -0.05) is 12.1 Å². The molecule has 7 nitrogen and oxygen atoms in total. The summed E-state index contributed by atoms with van der Waals surface area (Å²) in [7, 11) is 0. The van der Waals surface area contributed by atoms with Crippen LogP contribution in [0.5, 0.6) is 0 Å². The number of aromatic amines is 1. The number of carbonyl (C=O) groups excluding carboxylic acids is 1. The molecule has 3 aromatic rings. The van der Waals surface area contributed by atoms with Crippen LogP contribution >= 0.6 is 0 Å². The molecular weight excluding hydrogens is 341 g/mol. The maximum atomic E-state index is 12.4. The summed E-state index contributed by atoms with van der Waals surface area (Å²) in [5, 5.41) is 4.98. The molecule has 0 aliphatic carbocycles. The lowest BCUT2D eigenvalue weighted by molar-refractivity contribution is -0.141. The van der Waals surface area contributed by atoms with E-state index in [0.29, 0.717) is 11.1 Å². The molecule has 130 valence electrons. The maximum absolute atomic E-state index is 12.4. The maximum Gasteiger partial charge on any atom is 0.433 e. The van der Waals surface area contributed by atoms with Gasteiger partial charge in [0, 0.05) is 12.7 Å². The number of alkyl halides is 3. The van der Waals surface area contributed by atoms with E-state index < -0.39 is 23.7 Å². The number of H-pyrrole nitrogens is 1. The molecule has 3 N–H and O–H groups in total. The number of nitrogens with one attached hydrogen (secondary N) is 3. The standard InChI is InChI=1S/C15H11F3N4O3/c16-15(17,18)11-5-4-8(6-19-11)7-20-13(23)21-9-2-1-3-10-12(9)25-14(24)22-10/h1-6H,7H2,(H,22,24)(H2,20,21,23). The number of para-hydroxylation sites is 1. The third kappa shape index (κ3) is 3.79. The molecule has 0 atom stereocenters. The lowest BCUT2D eigenvalue weighted by atomic mass is 10.2. The van der Waals surface area contributed by atoms with Crippen LogP contribution in [-0.4, -0.2) is 16.0 Å². The van der Waals surface area contributed by atoms with Crippen LogP contribution in [0, 0.1) is 0 Å². The molecule has 2 heterocycles. The molecule has 2 aromatic heterocycles. The molecule has 0 aliphatic heterocycles. The van der Waals surface area contributed by atoms with Gasteiger partial charge in [-0.2, -0.15) is 13.2 Å². The number of hydrogen-bond donors (Lipinski definition) is 3. The normalized spacial score (nSPS) is 11.5. The van der Waals surface area contributed by atoms with E-state index in [2.05, 4.69) is 20.6 Å². The molecule has 0 spiro atoms. The zero-order chi connectivity index (χ0) is 18.0. The molecule has 0 fully saturated rings. The molecule has 1 aromatic carbocycles. The fraction of sp³-hybridized carbons (Fsp3) is 0.133. The molecular formula is C15H11F3N4O3. The minimum Gasteiger partial charge on any atom is -0.406 e. The van der Waals surface area contributed by atoms with Gasteiger partial charge in [0.1, 0.15) is 5.69 Å². The van der Waals surface area contributed by atoms with Crippen LogP contribution in [0.2, 0.25) is 0 Å². The number of benzene rings is 1. The Hall–Kier alpha value is -3.30. The van der Waals surface area contributed by atoms with E-state index in [1.54, 1.807) is 18.2 Å². The second-order valence-electron chi connectivity index (χ2n) is 5.05. The van der Waals surface area contributed by atoms with Gasteiger partial charge in [-0.05, 0) is 23.8 Å². The van der Waals surface area contributed by atoms with E-state index in [4.69, 9.17) is 4.42 Å². The number of carbonyl (C=O) groups is 1. The van der Waals surface area contributed by atoms with Gasteiger partial charge in [0.05, 0.1) is 11.2 Å². The van der Waals surface area contributed by atoms with Crippen LogP contribution in [0.4, 0.5) is 23.7 Å². The lowest BCUT2D eigenvalue weighted by Gasteiger charge is -2.09. The molecule has 0 radical (unpaired) electrons. The summed E-state index contributed by atoms with van der Waals surface area (Å²) < 4.78 is 42.2. The number of nitrogens with zero attached hydrogens (tertiary/aromatic N) is 1. The number of rotatable bonds is 3. The first-order valence-electron chi connectivity index (χ1n) is 7.02. The number of halogens is 3. The van der Waals surface area contributed by atoms with Gasteiger partial charge >= 0.3 is 18.0 Å². The van der Waals surface area contributed by atoms with Gasteiger partial charge in [-0.3, -0.25) is 9.97 Å². The van der Waals surface area contributed by atoms with Gasteiger partial charge in [0.25, 0.3) is 0 Å². The van der Waals surface area contributed by atoms with Crippen molar-refractivity contribution in [3.63, 3.8) is 0 Å². The Morgan fingerprint density at radius 2 is 2.04 bits per heavy atom. The van der Waals surface area contributed by atoms with Gasteiger partial charge < -0.3 is 15.1 Å². The van der Waals surface area contributed by atoms with Crippen molar-refractivity contribution in [2.75, 3.05) is 5.32 Å². The van der Waals surface area contributed by atoms with Crippen molar-refractivity contribution in [2.45, 2.75) is 12.7 Å². The predicted octanol–water partition coefficient (Wildman–Crippen LogP) is 2.86. The number of anilines is 1. The second-order valence-corrected chi connectivity index (χ2v) is 5.05. The largest absolute Gasteiger partial charge is 0.433 e. The van der Waals surface area contributed by atoms with Crippen LogP contribution in [0.15, 0.2) is 45.7 Å². The minimum atomic E-state index is -4.51. The van der Waals surface area contributed by atoms with Crippen LogP contribution in [-0.2, 0) is 12.7 Å². The molecule has 2 amide bonds. The Kier molecular flexibility index (Phi) is 4.17. The third-order valence-corrected chi connectivity index (χ3v) is 3.26. The SMILES string of the molecule is O=C(NCc1ccc(C(F)(F)F)nc1)Nc1cccc2[nH]c(=O)oc12. The summed E-state index contributed by atoms with van der Waals surface area (Å²) in [5.74, 6) is -0.652. The third-order valence-electron chi connectivity index (χ3n) is 3.26. The quantitative estimate of drug-likeness (QED) is 0.675. The number of oxazole rings is 1. The van der Waals surface area contributed by atoms with Gasteiger partial charge in [0.15, 0.2) is 5.58 Å². The highest BCUT2D eigenvalue weighted by Crippen LogP contribution is 2.27. The summed E-state index contributed by atoms with van der Waals surface area (Å²) in [4.78, 5) is 28.9. The Morgan fingerprint density at radius 1 is 1.24 bits per heavy atom. The Balaban J connectivity index is 1.64. The first-order valence-corrected chi connectivity index (χ1v) is 7.02. The molecule has 25 heavy (non-hydrogen) atoms. The van der Waals surface area contributed by atoms with E-state index in [0.717, 1.165) is 12.3 Å². The fourth-order valence-corrected chi connectivity index (χ4v) is 2.12. The van der Waals surface area contributed by atoms with E-state index in [9.17, 15) is 22.8 Å². The topological polar surface area (TPSA) is 100 Å². The van der Waals surface area contributed by atoms with Crippen molar-refractivity contribution in [2.24, 2.45) is 0 Å². The van der Waals surface area contributed by atoms with E-state index in [-0.39, 0.29) is 17.8 Å². The smallest absolute Gasteiger partial charge is 0.406 e. The summed E-state index contributed by atoms with van der Waals surface area (Å²) in [5.41, 5.74) is 0.289. The number of amides is 2. The number of fused-ring (bicyclic) bond motifs is 1. The van der Waals surface area contributed by atoms with E-state index in [1.807, 2.05) is 0 Å². The van der Waals surface area contributed by atoms with E-state index >= 15 is 0 Å². The van der Waals surface area contributed by atoms with Gasteiger partial charge in [-0.25, -0.2) is 9.59 Å². The second kappa shape index (κ2) is 6.30. The fourth-order valence-electron chi connectivity index (χ4n) is 2.12. The first kappa shape index (κ1) is 16.6. The number of pyridine rings is 1. The summed E-state index contributed by atoms with van der Waals surface area (Å²) >= 11 is 0. The predicted molar refractivity (Wildman–Crippen MR) is 81.9 cm³/mol. The molecule has 0 bridgehead atoms. The molecule has 3 rings (SSSR count). The van der Waals surface area contributed by atoms with Gasteiger partial charge in [-0.15, -0.1) is 0 Å². The highest BCUT2D eigenvalue weighted by Gasteiger charge is 2.31. The summed E-state index contributed by atoms with van der Waals surface area (Å²) in [6.07, 6.45) is -3.47. The van der Waals surface area contributed by atoms with Crippen LogP contribution in [0.1, 0.15) is 11.3 Å². The first-order chi connectivity index (χ1) is 11.8. The molecule has 0 saturated heterocycles. The number of urea groups is 1. The highest BCUT2D eigenvalue weighted by molar-refractivity contribution is 5.97. The average molecular weight is 352 g/mol. The molecule has 0 saturated carbocycles. The highest BCUT2D eigenvalue weighted by atomic mass is 19.4.